The zero-order chi connectivity index (χ0) is 20.2. The third-order valence-corrected chi connectivity index (χ3v) is 7.01. The molecular formula is C18H20N6O2S3. The SMILES string of the molecule is CCOC(=O)c1cnc(SC)nc1N1CCN(c2nnc(-c3cccs3)s2)CC1. The average Bonchev–Trinajstić information content (AvgIpc) is 3.45. The summed E-state index contributed by atoms with van der Waals surface area (Å²) in [6, 6.07) is 4.08. The lowest BCUT2D eigenvalue weighted by molar-refractivity contribution is 0.0526. The Balaban J connectivity index is 1.49. The molecule has 3 aromatic rings. The van der Waals surface area contributed by atoms with Gasteiger partial charge in [0.05, 0.1) is 11.5 Å². The fraction of sp³-hybridized carbons (Fsp3) is 0.389. The second kappa shape index (κ2) is 9.06. The van der Waals surface area contributed by atoms with E-state index >= 15 is 0 Å². The highest BCUT2D eigenvalue weighted by Gasteiger charge is 2.26. The van der Waals surface area contributed by atoms with E-state index in [9.17, 15) is 4.79 Å². The number of thiophene rings is 1. The molecule has 1 aliphatic rings. The van der Waals surface area contributed by atoms with Crippen LogP contribution in [0.25, 0.3) is 9.88 Å². The Morgan fingerprint density at radius 1 is 1.24 bits per heavy atom. The number of aromatic nitrogens is 4. The van der Waals surface area contributed by atoms with Gasteiger partial charge in [-0.1, -0.05) is 29.2 Å². The Bertz CT molecular complexity index is 970. The van der Waals surface area contributed by atoms with E-state index in [0.717, 1.165) is 41.2 Å². The maximum absolute atomic E-state index is 12.3. The minimum Gasteiger partial charge on any atom is -0.462 e. The standard InChI is InChI=1S/C18H20N6O2S3/c1-3-26-16(25)12-11-19-17(27-2)20-14(12)23-6-8-24(9-7-23)18-22-21-15(29-18)13-5-4-10-28-13/h4-5,10-11H,3,6-9H2,1-2H3. The van der Waals surface area contributed by atoms with Gasteiger partial charge in [0.1, 0.15) is 11.4 Å². The molecule has 0 atom stereocenters. The molecule has 0 aromatic carbocycles. The second-order valence-corrected chi connectivity index (χ2v) is 8.83. The van der Waals surface area contributed by atoms with Crippen LogP contribution in [0.2, 0.25) is 0 Å². The van der Waals surface area contributed by atoms with Crippen LogP contribution in [-0.4, -0.2) is 65.2 Å². The highest BCUT2D eigenvalue weighted by Crippen LogP contribution is 2.32. The van der Waals surface area contributed by atoms with Gasteiger partial charge in [0, 0.05) is 32.4 Å². The summed E-state index contributed by atoms with van der Waals surface area (Å²) in [5.41, 5.74) is 0.411. The van der Waals surface area contributed by atoms with Crippen LogP contribution in [0, 0.1) is 0 Å². The van der Waals surface area contributed by atoms with Crippen LogP contribution in [0.15, 0.2) is 28.9 Å². The fourth-order valence-corrected chi connectivity index (χ4v) is 5.03. The van der Waals surface area contributed by atoms with Gasteiger partial charge in [-0.2, -0.15) is 0 Å². The summed E-state index contributed by atoms with van der Waals surface area (Å²) in [7, 11) is 0. The number of hydrogen-bond acceptors (Lipinski definition) is 11. The fourth-order valence-electron chi connectivity index (χ4n) is 3.00. The van der Waals surface area contributed by atoms with Gasteiger partial charge in [0.2, 0.25) is 5.13 Å². The summed E-state index contributed by atoms with van der Waals surface area (Å²) in [5, 5.41) is 13.3. The quantitative estimate of drug-likeness (QED) is 0.320. The smallest absolute Gasteiger partial charge is 0.343 e. The van der Waals surface area contributed by atoms with Crippen molar-refractivity contribution < 1.29 is 9.53 Å². The second-order valence-electron chi connectivity index (χ2n) is 6.16. The van der Waals surface area contributed by atoms with E-state index in [0.29, 0.717) is 23.1 Å². The van der Waals surface area contributed by atoms with Gasteiger partial charge in [-0.15, -0.1) is 21.5 Å². The lowest BCUT2D eigenvalue weighted by Crippen LogP contribution is -2.47. The number of carbonyl (C=O) groups is 1. The molecule has 1 fully saturated rings. The maximum Gasteiger partial charge on any atom is 0.343 e. The van der Waals surface area contributed by atoms with Crippen molar-refractivity contribution in [2.75, 3.05) is 48.8 Å². The number of thioether (sulfide) groups is 1. The van der Waals surface area contributed by atoms with Gasteiger partial charge in [0.25, 0.3) is 0 Å². The summed E-state index contributed by atoms with van der Waals surface area (Å²) in [5.74, 6) is 0.251. The van der Waals surface area contributed by atoms with E-state index in [2.05, 4.69) is 36.0 Å². The molecule has 3 aromatic heterocycles. The molecule has 0 bridgehead atoms. The lowest BCUT2D eigenvalue weighted by atomic mass is 10.2. The molecule has 0 spiro atoms. The van der Waals surface area contributed by atoms with Crippen molar-refractivity contribution in [3.8, 4) is 9.88 Å². The van der Waals surface area contributed by atoms with E-state index < -0.39 is 0 Å². The number of ether oxygens (including phenoxy) is 1. The van der Waals surface area contributed by atoms with Crippen LogP contribution >= 0.6 is 34.4 Å². The molecule has 0 N–H and O–H groups in total. The van der Waals surface area contributed by atoms with Crippen LogP contribution in [0.3, 0.4) is 0 Å². The van der Waals surface area contributed by atoms with Gasteiger partial charge in [0.15, 0.2) is 10.2 Å². The highest BCUT2D eigenvalue weighted by molar-refractivity contribution is 7.98. The highest BCUT2D eigenvalue weighted by atomic mass is 32.2. The predicted molar refractivity (Wildman–Crippen MR) is 117 cm³/mol. The van der Waals surface area contributed by atoms with Gasteiger partial charge in [-0.25, -0.2) is 14.8 Å². The molecular weight excluding hydrogens is 428 g/mol. The molecule has 0 unspecified atom stereocenters. The van der Waals surface area contributed by atoms with E-state index in [4.69, 9.17) is 4.74 Å². The van der Waals surface area contributed by atoms with Crippen molar-refractivity contribution in [3.05, 3.63) is 29.3 Å². The van der Waals surface area contributed by atoms with E-state index in [1.807, 2.05) is 17.7 Å². The summed E-state index contributed by atoms with van der Waals surface area (Å²) in [6.07, 6.45) is 3.48. The molecule has 0 radical (unpaired) electrons. The number of piperazine rings is 1. The number of anilines is 2. The van der Waals surface area contributed by atoms with Crippen molar-refractivity contribution in [3.63, 3.8) is 0 Å². The lowest BCUT2D eigenvalue weighted by Gasteiger charge is -2.35. The van der Waals surface area contributed by atoms with E-state index in [1.54, 1.807) is 35.8 Å². The Morgan fingerprint density at radius 2 is 2.03 bits per heavy atom. The average molecular weight is 449 g/mol. The zero-order valence-corrected chi connectivity index (χ0v) is 18.5. The van der Waals surface area contributed by atoms with E-state index in [-0.39, 0.29) is 5.97 Å². The van der Waals surface area contributed by atoms with Crippen molar-refractivity contribution in [2.24, 2.45) is 0 Å². The third kappa shape index (κ3) is 4.36. The van der Waals surface area contributed by atoms with Crippen LogP contribution in [0.5, 0.6) is 0 Å². The third-order valence-electron chi connectivity index (χ3n) is 4.42. The number of nitrogens with zero attached hydrogens (tertiary/aromatic N) is 6. The molecule has 29 heavy (non-hydrogen) atoms. The van der Waals surface area contributed by atoms with Crippen molar-refractivity contribution in [2.45, 2.75) is 12.1 Å². The summed E-state index contributed by atoms with van der Waals surface area (Å²) in [4.78, 5) is 26.7. The van der Waals surface area contributed by atoms with Crippen LogP contribution in [0.4, 0.5) is 10.9 Å². The first kappa shape index (κ1) is 20.0. The van der Waals surface area contributed by atoms with Crippen LogP contribution < -0.4 is 9.80 Å². The van der Waals surface area contributed by atoms with Gasteiger partial charge < -0.3 is 14.5 Å². The van der Waals surface area contributed by atoms with Crippen molar-refractivity contribution in [1.29, 1.82) is 0 Å². The number of hydrogen-bond donors (Lipinski definition) is 0. The maximum atomic E-state index is 12.3. The minimum atomic E-state index is -0.387. The van der Waals surface area contributed by atoms with Gasteiger partial charge >= 0.3 is 5.97 Å². The molecule has 1 saturated heterocycles. The zero-order valence-electron chi connectivity index (χ0n) is 16.1. The first-order valence-electron chi connectivity index (χ1n) is 9.15. The number of rotatable bonds is 6. The molecule has 0 amide bonds. The Kier molecular flexibility index (Phi) is 6.26. The normalized spacial score (nSPS) is 14.3. The molecule has 4 rings (SSSR count). The first-order valence-corrected chi connectivity index (χ1v) is 12.1. The Labute approximate surface area is 181 Å². The summed E-state index contributed by atoms with van der Waals surface area (Å²) in [6.45, 7) is 5.12. The predicted octanol–water partition coefficient (Wildman–Crippen LogP) is 3.28. The Hall–Kier alpha value is -2.24. The Morgan fingerprint density at radius 3 is 2.72 bits per heavy atom. The summed E-state index contributed by atoms with van der Waals surface area (Å²) < 4.78 is 5.18. The molecule has 4 heterocycles. The number of carbonyl (C=O) groups excluding carboxylic acids is 1. The molecule has 1 aliphatic heterocycles. The number of esters is 1. The minimum absolute atomic E-state index is 0.319. The van der Waals surface area contributed by atoms with Crippen LogP contribution in [0.1, 0.15) is 17.3 Å². The summed E-state index contributed by atoms with van der Waals surface area (Å²) >= 11 is 4.73. The molecule has 11 heteroatoms. The molecule has 0 aliphatic carbocycles. The largest absolute Gasteiger partial charge is 0.462 e. The molecule has 8 nitrogen and oxygen atoms in total. The van der Waals surface area contributed by atoms with E-state index in [1.165, 1.54) is 11.8 Å². The van der Waals surface area contributed by atoms with Crippen molar-refractivity contribution in [1.82, 2.24) is 20.2 Å². The van der Waals surface area contributed by atoms with Crippen LogP contribution in [-0.2, 0) is 4.74 Å². The molecule has 152 valence electrons. The van der Waals surface area contributed by atoms with Gasteiger partial charge in [-0.05, 0) is 24.6 Å². The topological polar surface area (TPSA) is 84.3 Å². The van der Waals surface area contributed by atoms with Crippen molar-refractivity contribution >= 4 is 51.4 Å². The molecule has 0 saturated carbocycles. The van der Waals surface area contributed by atoms with Gasteiger partial charge in [-0.3, -0.25) is 0 Å². The monoisotopic (exact) mass is 448 g/mol. The first-order chi connectivity index (χ1) is 14.2.